The summed E-state index contributed by atoms with van der Waals surface area (Å²) in [6.07, 6.45) is 0. The van der Waals surface area contributed by atoms with Crippen molar-refractivity contribution in [1.29, 1.82) is 0 Å². The van der Waals surface area contributed by atoms with E-state index in [2.05, 4.69) is 0 Å². The van der Waals surface area contributed by atoms with Crippen LogP contribution in [0.2, 0.25) is 20.1 Å². The highest BCUT2D eigenvalue weighted by atomic mass is 35.5. The molecule has 44 heavy (non-hydrogen) atoms. The van der Waals surface area contributed by atoms with E-state index in [-0.39, 0.29) is 42.4 Å². The minimum absolute atomic E-state index is 0.286. The molecule has 8 aromatic rings. The van der Waals surface area contributed by atoms with Crippen molar-refractivity contribution in [2.75, 3.05) is 0 Å². The third-order valence-corrected chi connectivity index (χ3v) is 6.90. The second-order valence-electron chi connectivity index (χ2n) is 8.44. The Balaban J connectivity index is 2.10. The van der Waals surface area contributed by atoms with E-state index in [1.165, 1.54) is 0 Å². The average Bonchev–Trinajstić information content (AvgIpc) is 2.93. The Kier molecular flexibility index (Phi) is 7.92. The monoisotopic (exact) mass is 684 g/mol. The van der Waals surface area contributed by atoms with Gasteiger partial charge in [0.15, 0.2) is 0 Å². The third kappa shape index (κ3) is 5.73. The van der Waals surface area contributed by atoms with E-state index in [1.807, 2.05) is 0 Å². The summed E-state index contributed by atoms with van der Waals surface area (Å²) in [6.45, 7) is 0. The van der Waals surface area contributed by atoms with Crippen LogP contribution in [0.5, 0.6) is 0 Å². The first kappa shape index (κ1) is 30.3. The summed E-state index contributed by atoms with van der Waals surface area (Å²) < 4.78 is 22.4. The molecule has 8 rings (SSSR count). The van der Waals surface area contributed by atoms with Gasteiger partial charge in [0.05, 0.1) is 39.8 Å². The predicted octanol–water partition coefficient (Wildman–Crippen LogP) is 9.73. The number of nitro benzene ring substituents is 4. The van der Waals surface area contributed by atoms with E-state index in [0.29, 0.717) is 12.1 Å². The number of benzene rings is 4. The Morgan fingerprint density at radius 3 is 0.750 bits per heavy atom. The zero-order valence-corrected chi connectivity index (χ0v) is 23.8. The molecular formula is C24H8Cl4N4O12. The fraction of sp³-hybridized carbons (Fsp3) is 0. The molecule has 8 bridgehead atoms. The standard InChI is InChI=1S/C24H8Cl4N4O12/c25-9-1-17-10(26)2-18(9)42-22-8-24(16(32(39)40)6-14(22)30(35)36)44-20-4-11(27)19(3-12(20)28)43-23-7-21(41-17)13(29(33)34)5-15(23)31(37)38/h1-8H. The minimum Gasteiger partial charge on any atom is -0.448 e. The maximum Gasteiger partial charge on any atom is 0.318 e. The molecule has 0 atom stereocenters. The lowest BCUT2D eigenvalue weighted by molar-refractivity contribution is -0.393. The Bertz CT molecular complexity index is 1960. The van der Waals surface area contributed by atoms with Crippen molar-refractivity contribution >= 4 is 114 Å². The summed E-state index contributed by atoms with van der Waals surface area (Å²) in [5.41, 5.74) is -6.91. The fourth-order valence-corrected chi connectivity index (χ4v) is 4.55. The highest BCUT2D eigenvalue weighted by molar-refractivity contribution is 6.38. The zero-order valence-electron chi connectivity index (χ0n) is 20.8. The van der Waals surface area contributed by atoms with Gasteiger partial charge in [-0.05, 0) is 0 Å². The van der Waals surface area contributed by atoms with Crippen molar-refractivity contribution in [1.82, 2.24) is 0 Å². The van der Waals surface area contributed by atoms with Gasteiger partial charge in [0.1, 0.15) is 34.5 Å². The van der Waals surface area contributed by atoms with Crippen LogP contribution in [-0.2, 0) is 0 Å². The number of non-ortho nitro benzene ring substituents is 4. The molecule has 0 unspecified atom stereocenters. The van der Waals surface area contributed by atoms with Crippen LogP contribution in [-0.4, -0.2) is 19.7 Å². The first-order valence-corrected chi connectivity index (χ1v) is 12.9. The Labute approximate surface area is 259 Å². The Morgan fingerprint density at radius 1 is 0.364 bits per heavy atom. The summed E-state index contributed by atoms with van der Waals surface area (Å²) in [7, 11) is 0. The van der Waals surface area contributed by atoms with E-state index in [9.17, 15) is 40.5 Å². The molecule has 0 spiro atoms. The average molecular weight is 686 g/mol. The molecule has 4 aromatic carbocycles. The van der Waals surface area contributed by atoms with Crippen LogP contribution < -0.4 is 0 Å². The van der Waals surface area contributed by atoms with Crippen molar-refractivity contribution in [3.63, 3.8) is 0 Å². The molecule has 0 aliphatic heterocycles. The van der Waals surface area contributed by atoms with Crippen molar-refractivity contribution in [2.24, 2.45) is 0 Å². The molecule has 0 saturated heterocycles. The van der Waals surface area contributed by atoms with Gasteiger partial charge in [-0.25, -0.2) is 0 Å². The Hall–Kier alpha value is -5.16. The number of hydrogen-bond donors (Lipinski definition) is 0. The van der Waals surface area contributed by atoms with Crippen molar-refractivity contribution < 1.29 is 37.4 Å². The first-order valence-electron chi connectivity index (χ1n) is 11.4. The lowest BCUT2D eigenvalue weighted by atomic mass is 10.2. The minimum atomic E-state index is -0.952. The van der Waals surface area contributed by atoms with Gasteiger partial charge in [0.25, 0.3) is 0 Å². The van der Waals surface area contributed by atoms with E-state index >= 15 is 0 Å². The number of halogens is 4. The molecule has 0 aliphatic rings. The highest BCUT2D eigenvalue weighted by Gasteiger charge is 2.25. The van der Waals surface area contributed by atoms with Crippen LogP contribution in [0.4, 0.5) is 22.7 Å². The second kappa shape index (κ2) is 11.5. The van der Waals surface area contributed by atoms with Gasteiger partial charge in [-0.15, -0.1) is 0 Å². The van der Waals surface area contributed by atoms with Crippen LogP contribution in [0.25, 0.3) is 44.7 Å². The number of nitro groups is 4. The molecule has 0 fully saturated rings. The molecule has 0 aliphatic carbocycles. The fourth-order valence-electron chi connectivity index (χ4n) is 3.78. The molecule has 0 radical (unpaired) electrons. The predicted molar refractivity (Wildman–Crippen MR) is 156 cm³/mol. The molecule has 4 aromatic heterocycles. The smallest absolute Gasteiger partial charge is 0.318 e. The molecule has 0 N–H and O–H groups in total. The molecule has 16 nitrogen and oxygen atoms in total. The molecular weight excluding hydrogens is 678 g/mol. The van der Waals surface area contributed by atoms with Crippen LogP contribution in [0.3, 0.4) is 0 Å². The maximum atomic E-state index is 11.8. The van der Waals surface area contributed by atoms with E-state index < -0.39 is 64.8 Å². The van der Waals surface area contributed by atoms with Gasteiger partial charge in [-0.3, -0.25) is 40.5 Å². The summed E-state index contributed by atoms with van der Waals surface area (Å²) in [5.74, 6) is 0. The summed E-state index contributed by atoms with van der Waals surface area (Å²) >= 11 is 25.2. The molecule has 0 amide bonds. The summed E-state index contributed by atoms with van der Waals surface area (Å²) in [5, 5.41) is 46.0. The van der Waals surface area contributed by atoms with Crippen molar-refractivity contribution in [3.8, 4) is 0 Å². The third-order valence-electron chi connectivity index (χ3n) is 5.72. The molecule has 4 heterocycles. The quantitative estimate of drug-likeness (QED) is 0.127. The second-order valence-corrected chi connectivity index (χ2v) is 10.1. The topological polar surface area (TPSA) is 225 Å². The lowest BCUT2D eigenvalue weighted by Crippen LogP contribution is -1.94. The highest BCUT2D eigenvalue weighted by Crippen LogP contribution is 2.37. The van der Waals surface area contributed by atoms with Gasteiger partial charge in [-0.1, -0.05) is 46.4 Å². The van der Waals surface area contributed by atoms with E-state index in [0.717, 1.165) is 36.4 Å². The normalized spacial score (nSPS) is 11.0. The molecule has 0 saturated carbocycles. The lowest BCUT2D eigenvalue weighted by Gasteiger charge is -2.03. The first-order chi connectivity index (χ1) is 20.7. The largest absolute Gasteiger partial charge is 0.448 e. The van der Waals surface area contributed by atoms with Crippen LogP contribution >= 0.6 is 46.4 Å². The molecule has 224 valence electrons. The van der Waals surface area contributed by atoms with E-state index in [4.69, 9.17) is 64.1 Å². The van der Waals surface area contributed by atoms with E-state index in [1.54, 1.807) is 0 Å². The van der Waals surface area contributed by atoms with Crippen LogP contribution in [0.1, 0.15) is 0 Å². The van der Waals surface area contributed by atoms with Crippen molar-refractivity contribution in [2.45, 2.75) is 0 Å². The van der Waals surface area contributed by atoms with Crippen LogP contribution in [0.15, 0.2) is 66.2 Å². The van der Waals surface area contributed by atoms with Gasteiger partial charge >= 0.3 is 22.7 Å². The van der Waals surface area contributed by atoms with Gasteiger partial charge in [0.2, 0.25) is 22.3 Å². The molecule has 20 heteroatoms. The number of rotatable bonds is 4. The number of hydrogen-bond acceptors (Lipinski definition) is 12. The summed E-state index contributed by atoms with van der Waals surface area (Å²) in [4.78, 5) is 43.4. The number of nitrogens with zero attached hydrogens (tertiary/aromatic N) is 4. The van der Waals surface area contributed by atoms with Crippen LogP contribution in [0, 0.1) is 40.5 Å². The Morgan fingerprint density at radius 2 is 0.568 bits per heavy atom. The maximum absolute atomic E-state index is 11.8. The van der Waals surface area contributed by atoms with Gasteiger partial charge in [-0.2, -0.15) is 0 Å². The summed E-state index contributed by atoms with van der Waals surface area (Å²) in [6, 6.07) is 6.98. The van der Waals surface area contributed by atoms with Gasteiger partial charge in [0, 0.05) is 36.4 Å². The van der Waals surface area contributed by atoms with Crippen molar-refractivity contribution in [3.05, 3.63) is 109 Å². The zero-order chi connectivity index (χ0) is 32.0. The van der Waals surface area contributed by atoms with Gasteiger partial charge < -0.3 is 17.7 Å². The SMILES string of the molecule is O=[N+]([O-])c1cc([N+](=O)[O-])c2cc1oc1cc(Cl)c(cc1Cl)oc1cc(oc3cc(Cl)c(cc3Cl)o2)c([N+](=O)[O-])cc1[N+](=O)[O-].